The lowest BCUT2D eigenvalue weighted by Gasteiger charge is -2.26. The zero-order chi connectivity index (χ0) is 28.2. The average Bonchev–Trinajstić information content (AvgIpc) is 2.98. The number of anilines is 1. The maximum absolute atomic E-state index is 13.4. The monoisotopic (exact) mass is 536 g/mol. The fraction of sp³-hybridized carbons (Fsp3) is 0.0968. The van der Waals surface area contributed by atoms with Crippen LogP contribution in [0.2, 0.25) is 0 Å². The van der Waals surface area contributed by atoms with Gasteiger partial charge in [0.2, 0.25) is 0 Å². The standard InChI is InChI=1S/C31H24N2O7/c1-38-24-15-12-21(27(17-24)40-18-22-8-5-7-19-6-3-4-9-25(19)22)16-26-28(34)32-31(37)33(29(26)35)23-13-10-20(11-14-23)30(36)39-2/h3-17H,18H2,1-2H3,(H,32,34,37)/b26-16+. The van der Waals surface area contributed by atoms with E-state index in [0.717, 1.165) is 21.2 Å². The van der Waals surface area contributed by atoms with Crippen molar-refractivity contribution in [3.8, 4) is 11.5 Å². The molecule has 1 aliphatic heterocycles. The number of amides is 4. The van der Waals surface area contributed by atoms with Crippen LogP contribution >= 0.6 is 0 Å². The molecule has 4 amide bonds. The van der Waals surface area contributed by atoms with Crippen LogP contribution in [0.5, 0.6) is 11.5 Å². The maximum Gasteiger partial charge on any atom is 0.337 e. The summed E-state index contributed by atoms with van der Waals surface area (Å²) in [4.78, 5) is 51.4. The molecule has 1 N–H and O–H groups in total. The number of nitrogens with one attached hydrogen (secondary N) is 1. The lowest BCUT2D eigenvalue weighted by Crippen LogP contribution is -2.54. The van der Waals surface area contributed by atoms with Gasteiger partial charge in [0.1, 0.15) is 23.7 Å². The summed E-state index contributed by atoms with van der Waals surface area (Å²) in [5.74, 6) is -1.32. The van der Waals surface area contributed by atoms with Gasteiger partial charge in [-0.1, -0.05) is 42.5 Å². The number of methoxy groups -OCH3 is 2. The van der Waals surface area contributed by atoms with Crippen LogP contribution < -0.4 is 19.7 Å². The van der Waals surface area contributed by atoms with Crippen LogP contribution in [0, 0.1) is 0 Å². The van der Waals surface area contributed by atoms with E-state index in [9.17, 15) is 19.2 Å². The van der Waals surface area contributed by atoms with Gasteiger partial charge in [-0.25, -0.2) is 14.5 Å². The van der Waals surface area contributed by atoms with Crippen LogP contribution in [0.3, 0.4) is 0 Å². The van der Waals surface area contributed by atoms with Crippen molar-refractivity contribution in [2.75, 3.05) is 19.1 Å². The quantitative estimate of drug-likeness (QED) is 0.204. The fourth-order valence-corrected chi connectivity index (χ4v) is 4.37. The summed E-state index contributed by atoms with van der Waals surface area (Å²) in [6.45, 7) is 0.224. The summed E-state index contributed by atoms with van der Waals surface area (Å²) >= 11 is 0. The highest BCUT2D eigenvalue weighted by Gasteiger charge is 2.37. The molecule has 4 aromatic rings. The molecule has 0 unspecified atom stereocenters. The minimum absolute atomic E-state index is 0.177. The molecule has 1 fully saturated rings. The normalized spacial score (nSPS) is 14.3. The number of carbonyl (C=O) groups excluding carboxylic acids is 4. The van der Waals surface area contributed by atoms with E-state index in [1.54, 1.807) is 18.2 Å². The van der Waals surface area contributed by atoms with Gasteiger partial charge in [-0.3, -0.25) is 14.9 Å². The molecule has 4 aromatic carbocycles. The first-order chi connectivity index (χ1) is 19.4. The largest absolute Gasteiger partial charge is 0.497 e. The van der Waals surface area contributed by atoms with Crippen molar-refractivity contribution in [2.45, 2.75) is 6.61 Å². The van der Waals surface area contributed by atoms with Crippen LogP contribution in [-0.4, -0.2) is 38.0 Å². The first-order valence-electron chi connectivity index (χ1n) is 12.3. The Balaban J connectivity index is 1.47. The number of carbonyl (C=O) groups is 4. The van der Waals surface area contributed by atoms with E-state index in [1.165, 1.54) is 44.6 Å². The first kappa shape index (κ1) is 26.2. The SMILES string of the molecule is COC(=O)c1ccc(N2C(=O)NC(=O)/C(=C\c3ccc(OC)cc3OCc3cccc4ccccc34)C2=O)cc1. The Kier molecular flexibility index (Phi) is 7.28. The summed E-state index contributed by atoms with van der Waals surface area (Å²) in [6.07, 6.45) is 1.37. The molecule has 0 aliphatic carbocycles. The van der Waals surface area contributed by atoms with Crippen LogP contribution in [0.25, 0.3) is 16.8 Å². The van der Waals surface area contributed by atoms with Crippen molar-refractivity contribution in [1.82, 2.24) is 5.32 Å². The van der Waals surface area contributed by atoms with Crippen molar-refractivity contribution in [1.29, 1.82) is 0 Å². The molecular weight excluding hydrogens is 512 g/mol. The summed E-state index contributed by atoms with van der Waals surface area (Å²) in [5.41, 5.74) is 1.55. The molecule has 0 atom stereocenters. The van der Waals surface area contributed by atoms with Crippen LogP contribution in [0.1, 0.15) is 21.5 Å². The second kappa shape index (κ2) is 11.1. The number of ether oxygens (including phenoxy) is 3. The number of rotatable bonds is 7. The van der Waals surface area contributed by atoms with E-state index in [-0.39, 0.29) is 23.4 Å². The van der Waals surface area contributed by atoms with Crippen molar-refractivity contribution in [2.24, 2.45) is 0 Å². The van der Waals surface area contributed by atoms with E-state index in [4.69, 9.17) is 9.47 Å². The number of benzene rings is 4. The van der Waals surface area contributed by atoms with Crippen molar-refractivity contribution in [3.05, 3.63) is 107 Å². The van der Waals surface area contributed by atoms with Gasteiger partial charge in [-0.05, 0) is 58.8 Å². The van der Waals surface area contributed by atoms with E-state index in [1.807, 2.05) is 42.5 Å². The summed E-state index contributed by atoms with van der Waals surface area (Å²) in [5, 5.41) is 4.32. The lowest BCUT2D eigenvalue weighted by atomic mass is 10.0. The third-order valence-corrected chi connectivity index (χ3v) is 6.43. The van der Waals surface area contributed by atoms with Gasteiger partial charge in [-0.2, -0.15) is 0 Å². The number of hydrogen-bond acceptors (Lipinski definition) is 7. The Morgan fingerprint density at radius 2 is 1.65 bits per heavy atom. The predicted octanol–water partition coefficient (Wildman–Crippen LogP) is 4.88. The Morgan fingerprint density at radius 3 is 2.40 bits per heavy atom. The topological polar surface area (TPSA) is 111 Å². The molecule has 9 heteroatoms. The van der Waals surface area contributed by atoms with Gasteiger partial charge in [0.05, 0.1) is 25.5 Å². The Hall–Kier alpha value is -5.44. The highest BCUT2D eigenvalue weighted by atomic mass is 16.5. The third kappa shape index (κ3) is 5.12. The second-order valence-electron chi connectivity index (χ2n) is 8.83. The minimum atomic E-state index is -0.903. The van der Waals surface area contributed by atoms with Crippen LogP contribution in [-0.2, 0) is 20.9 Å². The zero-order valence-corrected chi connectivity index (χ0v) is 21.7. The van der Waals surface area contributed by atoms with E-state index < -0.39 is 23.8 Å². The molecule has 1 heterocycles. The molecule has 9 nitrogen and oxygen atoms in total. The van der Waals surface area contributed by atoms with Gasteiger partial charge in [0.15, 0.2) is 0 Å². The first-order valence-corrected chi connectivity index (χ1v) is 12.3. The van der Waals surface area contributed by atoms with Gasteiger partial charge in [0.25, 0.3) is 11.8 Å². The van der Waals surface area contributed by atoms with Crippen molar-refractivity contribution in [3.63, 3.8) is 0 Å². The number of nitrogens with zero attached hydrogens (tertiary/aromatic N) is 1. The highest BCUT2D eigenvalue weighted by molar-refractivity contribution is 6.39. The van der Waals surface area contributed by atoms with Gasteiger partial charge >= 0.3 is 12.0 Å². The molecule has 1 aliphatic rings. The maximum atomic E-state index is 13.4. The average molecular weight is 537 g/mol. The molecule has 0 aromatic heterocycles. The van der Waals surface area contributed by atoms with Gasteiger partial charge in [0, 0.05) is 11.6 Å². The lowest BCUT2D eigenvalue weighted by molar-refractivity contribution is -0.122. The van der Waals surface area contributed by atoms with Gasteiger partial charge < -0.3 is 14.2 Å². The van der Waals surface area contributed by atoms with Crippen molar-refractivity contribution < 1.29 is 33.4 Å². The Morgan fingerprint density at radius 1 is 0.900 bits per heavy atom. The van der Waals surface area contributed by atoms with Gasteiger partial charge in [-0.15, -0.1) is 0 Å². The van der Waals surface area contributed by atoms with Crippen LogP contribution in [0.15, 0.2) is 90.5 Å². The second-order valence-corrected chi connectivity index (χ2v) is 8.83. The molecular formula is C31H24N2O7. The molecule has 200 valence electrons. The summed E-state index contributed by atoms with van der Waals surface area (Å²) in [6, 6.07) is 23.7. The van der Waals surface area contributed by atoms with Crippen molar-refractivity contribution >= 4 is 46.4 Å². The Labute approximate surface area is 229 Å². The third-order valence-electron chi connectivity index (χ3n) is 6.43. The number of urea groups is 1. The zero-order valence-electron chi connectivity index (χ0n) is 21.7. The molecule has 0 radical (unpaired) electrons. The minimum Gasteiger partial charge on any atom is -0.497 e. The van der Waals surface area contributed by atoms with Crippen LogP contribution in [0.4, 0.5) is 10.5 Å². The molecule has 0 bridgehead atoms. The number of esters is 1. The number of fused-ring (bicyclic) bond motifs is 1. The Bertz CT molecular complexity index is 1670. The number of barbiturate groups is 1. The van der Waals surface area contributed by atoms with E-state index >= 15 is 0 Å². The number of imide groups is 2. The number of hydrogen-bond donors (Lipinski definition) is 1. The molecule has 1 saturated heterocycles. The van der Waals surface area contributed by atoms with E-state index in [0.29, 0.717) is 17.1 Å². The molecule has 40 heavy (non-hydrogen) atoms. The smallest absolute Gasteiger partial charge is 0.337 e. The molecule has 0 spiro atoms. The summed E-state index contributed by atoms with van der Waals surface area (Å²) < 4.78 is 16.2. The summed E-state index contributed by atoms with van der Waals surface area (Å²) in [7, 11) is 2.77. The van der Waals surface area contributed by atoms with E-state index in [2.05, 4.69) is 10.1 Å². The predicted molar refractivity (Wildman–Crippen MR) is 148 cm³/mol. The highest BCUT2D eigenvalue weighted by Crippen LogP contribution is 2.30. The fourth-order valence-electron chi connectivity index (χ4n) is 4.37. The molecule has 0 saturated carbocycles. The molecule has 5 rings (SSSR count).